The number of carbonyl (C=O) groups is 7. The van der Waals surface area contributed by atoms with Crippen LogP contribution in [-0.2, 0) is 19.0 Å². The average Bonchev–Trinajstić information content (AvgIpc) is 3.20. The highest BCUT2D eigenvalue weighted by Crippen LogP contribution is 2.29. The minimum absolute atomic E-state index is 0.0324. The van der Waals surface area contributed by atoms with E-state index in [1.165, 1.54) is 12.1 Å². The third-order valence-corrected chi connectivity index (χ3v) is 7.15. The normalized spacial score (nSPS) is 14.3. The molecule has 2 N–H and O–H groups in total. The van der Waals surface area contributed by atoms with Crippen LogP contribution in [0.25, 0.3) is 0 Å². The maximum absolute atomic E-state index is 14.6. The van der Waals surface area contributed by atoms with Gasteiger partial charge in [-0.05, 0) is 108 Å². The maximum atomic E-state index is 14.6. The molecule has 7 amide bonds. The summed E-state index contributed by atoms with van der Waals surface area (Å²) in [4.78, 5) is 100. The number of fused-ring (bicyclic) bond motifs is 1. The first kappa shape index (κ1) is 44.9. The third-order valence-electron chi connectivity index (χ3n) is 7.15. The quantitative estimate of drug-likeness (QED) is 0.131. The predicted octanol–water partition coefficient (Wildman–Crippen LogP) is 6.27. The van der Waals surface area contributed by atoms with Crippen molar-refractivity contribution in [3.63, 3.8) is 0 Å². The first-order valence-electron chi connectivity index (χ1n) is 17.6. The SMILES string of the molecule is CC(C)[C@@H](C(=O)O)N(C(=O)N(CCCN(C(=O)OC(C)(C)C)/C(=N\C(=O)OC(C)(C)C)NC(=O)OC(C)(C)C)N1C(=O)c2ccccc2C1=O)C(C)(C)C. The first-order chi connectivity index (χ1) is 24.4. The van der Waals surface area contributed by atoms with E-state index >= 15 is 0 Å². The number of benzene rings is 1. The van der Waals surface area contributed by atoms with Gasteiger partial charge in [0, 0.05) is 18.6 Å². The molecule has 1 aromatic rings. The van der Waals surface area contributed by atoms with Crippen LogP contribution in [0.5, 0.6) is 0 Å². The van der Waals surface area contributed by atoms with Gasteiger partial charge in [0.15, 0.2) is 0 Å². The molecule has 0 spiro atoms. The van der Waals surface area contributed by atoms with Crippen molar-refractivity contribution in [3.8, 4) is 0 Å². The Morgan fingerprint density at radius 3 is 1.67 bits per heavy atom. The summed E-state index contributed by atoms with van der Waals surface area (Å²) in [7, 11) is 0. The number of aliphatic carboxylic acids is 1. The Labute approximate surface area is 316 Å². The molecule has 0 saturated heterocycles. The predicted molar refractivity (Wildman–Crippen MR) is 197 cm³/mol. The van der Waals surface area contributed by atoms with Gasteiger partial charge in [-0.25, -0.2) is 33.9 Å². The number of alkyl carbamates (subject to hydrolysis) is 1. The zero-order chi connectivity index (χ0) is 41.7. The van der Waals surface area contributed by atoms with Crippen molar-refractivity contribution in [2.45, 2.75) is 132 Å². The van der Waals surface area contributed by atoms with Gasteiger partial charge in [-0.1, -0.05) is 26.0 Å². The van der Waals surface area contributed by atoms with Gasteiger partial charge in [-0.3, -0.25) is 14.9 Å². The molecule has 2 rings (SSSR count). The highest BCUT2D eigenvalue weighted by molar-refractivity contribution is 6.21. The first-order valence-corrected chi connectivity index (χ1v) is 17.6. The Balaban J connectivity index is 2.72. The number of carbonyl (C=O) groups excluding carboxylic acids is 6. The fourth-order valence-electron chi connectivity index (χ4n) is 5.22. The minimum Gasteiger partial charge on any atom is -0.480 e. The fourth-order valence-corrected chi connectivity index (χ4v) is 5.22. The van der Waals surface area contributed by atoms with Gasteiger partial charge in [0.2, 0.25) is 5.96 Å². The Bertz CT molecular complexity index is 1610. The lowest BCUT2D eigenvalue weighted by Gasteiger charge is -2.45. The summed E-state index contributed by atoms with van der Waals surface area (Å²) in [5.74, 6) is -4.17. The Morgan fingerprint density at radius 2 is 1.26 bits per heavy atom. The fraction of sp³-hybridized carbons (Fsp3) is 0.622. The van der Waals surface area contributed by atoms with E-state index in [1.54, 1.807) is 109 Å². The minimum atomic E-state index is -1.38. The van der Waals surface area contributed by atoms with E-state index < -0.39 is 95.4 Å². The number of amides is 7. The number of rotatable bonds is 8. The number of imide groups is 1. The maximum Gasteiger partial charge on any atom is 0.437 e. The number of nitrogens with one attached hydrogen (secondary N) is 1. The molecule has 17 nitrogen and oxygen atoms in total. The van der Waals surface area contributed by atoms with Crippen LogP contribution in [0.3, 0.4) is 0 Å². The lowest BCUT2D eigenvalue weighted by molar-refractivity contribution is -0.146. The molecule has 0 aliphatic carbocycles. The average molecular weight is 761 g/mol. The number of aliphatic imine (C=N–C) groups is 1. The summed E-state index contributed by atoms with van der Waals surface area (Å²) >= 11 is 0. The molecule has 1 atom stereocenters. The number of hydrazine groups is 1. The van der Waals surface area contributed by atoms with Crippen LogP contribution in [0.15, 0.2) is 29.3 Å². The summed E-state index contributed by atoms with van der Waals surface area (Å²) in [6, 6.07) is 3.63. The highest BCUT2D eigenvalue weighted by Gasteiger charge is 2.47. The van der Waals surface area contributed by atoms with Gasteiger partial charge in [-0.2, -0.15) is 5.01 Å². The molecule has 54 heavy (non-hydrogen) atoms. The number of ether oxygens (including phenoxy) is 3. The van der Waals surface area contributed by atoms with Crippen molar-refractivity contribution >= 4 is 48.1 Å². The molecule has 1 heterocycles. The molecule has 0 fully saturated rings. The van der Waals surface area contributed by atoms with E-state index in [4.69, 9.17) is 14.2 Å². The van der Waals surface area contributed by atoms with Crippen molar-refractivity contribution in [2.24, 2.45) is 10.9 Å². The zero-order valence-electron chi connectivity index (χ0n) is 33.9. The Hall–Kier alpha value is -5.22. The molecular weight excluding hydrogens is 704 g/mol. The summed E-state index contributed by atoms with van der Waals surface area (Å²) in [5.41, 5.74) is -4.14. The number of urea groups is 1. The second kappa shape index (κ2) is 16.8. The van der Waals surface area contributed by atoms with E-state index in [0.29, 0.717) is 5.01 Å². The molecule has 1 aliphatic heterocycles. The van der Waals surface area contributed by atoms with Crippen molar-refractivity contribution < 1.29 is 52.9 Å². The largest absolute Gasteiger partial charge is 0.480 e. The van der Waals surface area contributed by atoms with Gasteiger partial charge in [0.1, 0.15) is 22.8 Å². The van der Waals surface area contributed by atoms with Crippen molar-refractivity contribution in [3.05, 3.63) is 35.4 Å². The summed E-state index contributed by atoms with van der Waals surface area (Å²) in [6.45, 7) is 21.6. The molecule has 1 aromatic carbocycles. The Kier molecular flexibility index (Phi) is 14.0. The van der Waals surface area contributed by atoms with Crippen LogP contribution in [0.2, 0.25) is 0 Å². The topological polar surface area (TPSA) is 205 Å². The number of hydrogen-bond donors (Lipinski definition) is 2. The van der Waals surface area contributed by atoms with Crippen LogP contribution in [0, 0.1) is 5.92 Å². The molecular formula is C37H56N6O11. The van der Waals surface area contributed by atoms with Crippen LogP contribution < -0.4 is 5.32 Å². The van der Waals surface area contributed by atoms with Crippen molar-refractivity contribution in [2.75, 3.05) is 13.1 Å². The number of hydrogen-bond acceptors (Lipinski definition) is 10. The molecule has 0 bridgehead atoms. The van der Waals surface area contributed by atoms with E-state index in [2.05, 4.69) is 10.3 Å². The summed E-state index contributed by atoms with van der Waals surface area (Å²) in [5, 5.41) is 14.1. The number of nitrogens with zero attached hydrogens (tertiary/aromatic N) is 5. The van der Waals surface area contributed by atoms with Crippen LogP contribution in [0.4, 0.5) is 19.2 Å². The standard InChI is InChI=1S/C37H56N6O11/c1-22(2)25(28(46)47)42(34(3,4)5)32(50)41(43-26(44)23-18-15-16-19-24(23)27(43)45)21-17-20-40(33(51)54-37(12,13)14)29(38-30(48)52-35(6,7)8)39-31(49)53-36(9,10)11/h15-16,18-19,22,25H,17,20-21H2,1-14H3,(H,46,47)(H,38,39,48,49)/t25-/m0/s1. The molecule has 300 valence electrons. The molecule has 0 aromatic heterocycles. The van der Waals surface area contributed by atoms with Gasteiger partial charge in [0.25, 0.3) is 11.8 Å². The second-order valence-electron chi connectivity index (χ2n) is 17.0. The van der Waals surface area contributed by atoms with Crippen molar-refractivity contribution in [1.29, 1.82) is 0 Å². The lowest BCUT2D eigenvalue weighted by Crippen LogP contribution is -2.64. The number of guanidine groups is 1. The second-order valence-corrected chi connectivity index (χ2v) is 17.0. The molecule has 0 radical (unpaired) electrons. The van der Waals surface area contributed by atoms with E-state index in [-0.39, 0.29) is 17.5 Å². The Morgan fingerprint density at radius 1 is 0.778 bits per heavy atom. The number of carboxylic acid groups (broad SMARTS) is 1. The summed E-state index contributed by atoms with van der Waals surface area (Å²) in [6.07, 6.45) is -3.55. The molecule has 0 saturated carbocycles. The molecule has 0 unspecified atom stereocenters. The third kappa shape index (κ3) is 12.4. The van der Waals surface area contributed by atoms with E-state index in [1.807, 2.05) is 0 Å². The molecule has 1 aliphatic rings. The van der Waals surface area contributed by atoms with Gasteiger partial charge in [0.05, 0.1) is 11.1 Å². The highest BCUT2D eigenvalue weighted by atomic mass is 16.6. The van der Waals surface area contributed by atoms with Crippen molar-refractivity contribution in [1.82, 2.24) is 25.1 Å². The van der Waals surface area contributed by atoms with Gasteiger partial charge >= 0.3 is 30.3 Å². The smallest absolute Gasteiger partial charge is 0.437 e. The van der Waals surface area contributed by atoms with E-state index in [9.17, 15) is 38.7 Å². The summed E-state index contributed by atoms with van der Waals surface area (Å²) < 4.78 is 16.2. The zero-order valence-corrected chi connectivity index (χ0v) is 33.9. The monoisotopic (exact) mass is 760 g/mol. The van der Waals surface area contributed by atoms with Gasteiger partial charge < -0.3 is 24.2 Å². The van der Waals surface area contributed by atoms with Gasteiger partial charge in [-0.15, -0.1) is 4.99 Å². The van der Waals surface area contributed by atoms with Crippen LogP contribution in [0.1, 0.15) is 124 Å². The number of carboxylic acids is 1. The lowest BCUT2D eigenvalue weighted by atomic mass is 9.96. The van der Waals surface area contributed by atoms with Crippen LogP contribution >= 0.6 is 0 Å². The van der Waals surface area contributed by atoms with E-state index in [0.717, 1.165) is 14.8 Å². The molecule has 17 heteroatoms. The van der Waals surface area contributed by atoms with Crippen LogP contribution in [-0.4, -0.2) is 114 Å².